The van der Waals surface area contributed by atoms with E-state index in [1.165, 1.54) is 12.5 Å². The molecule has 24 heavy (non-hydrogen) atoms. The van der Waals surface area contributed by atoms with Crippen molar-refractivity contribution in [3.63, 3.8) is 0 Å². The number of carbonyl (C=O) groups excluding carboxylic acids is 2. The summed E-state index contributed by atoms with van der Waals surface area (Å²) in [4.78, 5) is 30.6. The van der Waals surface area contributed by atoms with E-state index in [4.69, 9.17) is 0 Å². The number of rotatable bonds is 3. The van der Waals surface area contributed by atoms with E-state index >= 15 is 0 Å². The number of aromatic hydroxyl groups is 1. The van der Waals surface area contributed by atoms with Crippen LogP contribution in [0.25, 0.3) is 0 Å². The van der Waals surface area contributed by atoms with E-state index in [0.29, 0.717) is 38.3 Å². The van der Waals surface area contributed by atoms with E-state index in [1.54, 1.807) is 23.1 Å². The monoisotopic (exact) mass is 331 g/mol. The first-order chi connectivity index (χ1) is 11.6. The Hall–Kier alpha value is -2.08. The van der Waals surface area contributed by atoms with E-state index in [2.05, 4.69) is 4.90 Å². The van der Waals surface area contributed by atoms with Gasteiger partial charge in [0.15, 0.2) is 0 Å². The van der Waals surface area contributed by atoms with Gasteiger partial charge in [0.2, 0.25) is 5.91 Å². The quantitative estimate of drug-likeness (QED) is 0.903. The highest BCUT2D eigenvalue weighted by atomic mass is 16.3. The Bertz CT molecular complexity index is 591. The zero-order valence-electron chi connectivity index (χ0n) is 14.0. The van der Waals surface area contributed by atoms with Crippen molar-refractivity contribution in [2.75, 3.05) is 45.8 Å². The van der Waals surface area contributed by atoms with Crippen molar-refractivity contribution in [2.45, 2.75) is 19.3 Å². The second-order valence-corrected chi connectivity index (χ2v) is 6.56. The van der Waals surface area contributed by atoms with Gasteiger partial charge in [0.05, 0.1) is 6.54 Å². The largest absolute Gasteiger partial charge is 0.508 e. The van der Waals surface area contributed by atoms with Crippen molar-refractivity contribution in [2.24, 2.45) is 0 Å². The van der Waals surface area contributed by atoms with Gasteiger partial charge in [0, 0.05) is 44.8 Å². The Morgan fingerprint density at radius 2 is 1.62 bits per heavy atom. The standard InChI is InChI=1S/C18H25N3O3/c22-16-6-4-5-15(13-16)18(24)21-11-9-19(10-12-21)14-17(23)20-7-2-1-3-8-20/h4-6,13,22H,1-3,7-12,14H2. The van der Waals surface area contributed by atoms with Crippen molar-refractivity contribution >= 4 is 11.8 Å². The zero-order chi connectivity index (χ0) is 16.9. The molecule has 2 aliphatic rings. The number of hydrogen-bond acceptors (Lipinski definition) is 4. The Kier molecular flexibility index (Phi) is 5.35. The maximum Gasteiger partial charge on any atom is 0.254 e. The predicted molar refractivity (Wildman–Crippen MR) is 90.9 cm³/mol. The molecule has 2 fully saturated rings. The summed E-state index contributed by atoms with van der Waals surface area (Å²) in [6.45, 7) is 4.87. The van der Waals surface area contributed by atoms with Crippen molar-refractivity contribution < 1.29 is 14.7 Å². The van der Waals surface area contributed by atoms with E-state index in [9.17, 15) is 14.7 Å². The molecule has 1 N–H and O–H groups in total. The highest BCUT2D eigenvalue weighted by Gasteiger charge is 2.25. The van der Waals surface area contributed by atoms with Gasteiger partial charge in [-0.1, -0.05) is 6.07 Å². The number of carbonyl (C=O) groups is 2. The van der Waals surface area contributed by atoms with Gasteiger partial charge in [-0.2, -0.15) is 0 Å². The van der Waals surface area contributed by atoms with Crippen LogP contribution < -0.4 is 0 Å². The number of phenols is 1. The number of benzene rings is 1. The Morgan fingerprint density at radius 3 is 2.29 bits per heavy atom. The van der Waals surface area contributed by atoms with Gasteiger partial charge in [-0.15, -0.1) is 0 Å². The third-order valence-electron chi connectivity index (χ3n) is 4.82. The maximum absolute atomic E-state index is 12.4. The van der Waals surface area contributed by atoms with E-state index in [-0.39, 0.29) is 17.6 Å². The number of nitrogens with zero attached hydrogens (tertiary/aromatic N) is 3. The van der Waals surface area contributed by atoms with Crippen LogP contribution >= 0.6 is 0 Å². The zero-order valence-corrected chi connectivity index (χ0v) is 14.0. The number of piperazine rings is 1. The van der Waals surface area contributed by atoms with Crippen LogP contribution in [0.1, 0.15) is 29.6 Å². The van der Waals surface area contributed by atoms with Crippen molar-refractivity contribution in [1.82, 2.24) is 14.7 Å². The van der Waals surface area contributed by atoms with Gasteiger partial charge in [-0.25, -0.2) is 0 Å². The van der Waals surface area contributed by atoms with Gasteiger partial charge < -0.3 is 14.9 Å². The molecular formula is C18H25N3O3. The van der Waals surface area contributed by atoms with Crippen LogP contribution in [-0.2, 0) is 4.79 Å². The lowest BCUT2D eigenvalue weighted by Gasteiger charge is -2.36. The lowest BCUT2D eigenvalue weighted by Crippen LogP contribution is -2.52. The summed E-state index contributed by atoms with van der Waals surface area (Å²) in [6, 6.07) is 6.44. The molecule has 0 atom stereocenters. The van der Waals surface area contributed by atoms with E-state index in [0.717, 1.165) is 25.9 Å². The fourth-order valence-electron chi connectivity index (χ4n) is 3.37. The average molecular weight is 331 g/mol. The second kappa shape index (κ2) is 7.66. The molecule has 1 aromatic carbocycles. The Labute approximate surface area is 142 Å². The molecule has 2 heterocycles. The van der Waals surface area contributed by atoms with Gasteiger partial charge in [-0.3, -0.25) is 14.5 Å². The SMILES string of the molecule is O=C(CN1CCN(C(=O)c2cccc(O)c2)CC1)N1CCCCC1. The third kappa shape index (κ3) is 4.06. The first kappa shape index (κ1) is 16.8. The first-order valence-corrected chi connectivity index (χ1v) is 8.72. The molecule has 2 saturated heterocycles. The molecular weight excluding hydrogens is 306 g/mol. The van der Waals surface area contributed by atoms with Crippen molar-refractivity contribution in [3.05, 3.63) is 29.8 Å². The lowest BCUT2D eigenvalue weighted by atomic mass is 10.1. The minimum Gasteiger partial charge on any atom is -0.508 e. The minimum absolute atomic E-state index is 0.0621. The number of likely N-dealkylation sites (tertiary alicyclic amines) is 1. The van der Waals surface area contributed by atoms with Crippen molar-refractivity contribution in [3.8, 4) is 5.75 Å². The molecule has 0 unspecified atom stereocenters. The van der Waals surface area contributed by atoms with Crippen LogP contribution in [-0.4, -0.2) is 77.4 Å². The van der Waals surface area contributed by atoms with Gasteiger partial charge in [0.25, 0.3) is 5.91 Å². The molecule has 2 amide bonds. The highest BCUT2D eigenvalue weighted by molar-refractivity contribution is 5.94. The number of hydrogen-bond donors (Lipinski definition) is 1. The molecule has 3 rings (SSSR count). The smallest absolute Gasteiger partial charge is 0.254 e. The van der Waals surface area contributed by atoms with E-state index < -0.39 is 0 Å². The predicted octanol–water partition coefficient (Wildman–Crippen LogP) is 1.16. The number of piperidine rings is 1. The molecule has 6 heteroatoms. The maximum atomic E-state index is 12.4. The van der Waals surface area contributed by atoms with Gasteiger partial charge >= 0.3 is 0 Å². The van der Waals surface area contributed by atoms with Crippen LogP contribution in [0.3, 0.4) is 0 Å². The summed E-state index contributed by atoms with van der Waals surface area (Å²) < 4.78 is 0. The molecule has 0 radical (unpaired) electrons. The molecule has 130 valence electrons. The lowest BCUT2D eigenvalue weighted by molar-refractivity contribution is -0.133. The molecule has 0 spiro atoms. The Morgan fingerprint density at radius 1 is 0.917 bits per heavy atom. The summed E-state index contributed by atoms with van der Waals surface area (Å²) in [5, 5.41) is 9.50. The molecule has 0 aromatic heterocycles. The fraction of sp³-hybridized carbons (Fsp3) is 0.556. The molecule has 0 saturated carbocycles. The first-order valence-electron chi connectivity index (χ1n) is 8.72. The summed E-state index contributed by atoms with van der Waals surface area (Å²) in [5.74, 6) is 0.252. The summed E-state index contributed by atoms with van der Waals surface area (Å²) >= 11 is 0. The van der Waals surface area contributed by atoms with Crippen LogP contribution in [0, 0.1) is 0 Å². The molecule has 0 aliphatic carbocycles. The van der Waals surface area contributed by atoms with Gasteiger partial charge in [0.1, 0.15) is 5.75 Å². The summed E-state index contributed by atoms with van der Waals surface area (Å²) in [5.41, 5.74) is 0.507. The highest BCUT2D eigenvalue weighted by Crippen LogP contribution is 2.15. The van der Waals surface area contributed by atoms with Crippen LogP contribution in [0.4, 0.5) is 0 Å². The molecule has 1 aromatic rings. The van der Waals surface area contributed by atoms with Gasteiger partial charge in [-0.05, 0) is 37.5 Å². The second-order valence-electron chi connectivity index (χ2n) is 6.56. The van der Waals surface area contributed by atoms with Crippen LogP contribution in [0.2, 0.25) is 0 Å². The van der Waals surface area contributed by atoms with Crippen molar-refractivity contribution in [1.29, 1.82) is 0 Å². The van der Waals surface area contributed by atoms with Crippen LogP contribution in [0.5, 0.6) is 5.75 Å². The normalized spacial score (nSPS) is 19.3. The topological polar surface area (TPSA) is 64.1 Å². The fourth-order valence-corrected chi connectivity index (χ4v) is 3.37. The van der Waals surface area contributed by atoms with Crippen LogP contribution in [0.15, 0.2) is 24.3 Å². The van der Waals surface area contributed by atoms with E-state index in [1.807, 2.05) is 4.90 Å². The Balaban J connectivity index is 1.48. The summed E-state index contributed by atoms with van der Waals surface area (Å²) in [7, 11) is 0. The third-order valence-corrected chi connectivity index (χ3v) is 4.82. The summed E-state index contributed by atoms with van der Waals surface area (Å²) in [6.07, 6.45) is 3.44. The number of amides is 2. The average Bonchev–Trinajstić information content (AvgIpc) is 2.62. The number of phenolic OH excluding ortho intramolecular Hbond substituents is 1. The molecule has 0 bridgehead atoms. The molecule has 2 aliphatic heterocycles. The minimum atomic E-state index is -0.0621. The molecule has 6 nitrogen and oxygen atoms in total.